The van der Waals surface area contributed by atoms with Crippen molar-refractivity contribution in [3.8, 4) is 0 Å². The molecule has 0 aromatic carbocycles. The maximum atomic E-state index is 5.88. The maximum Gasteiger partial charge on any atom is 0.0752 e. The van der Waals surface area contributed by atoms with Gasteiger partial charge in [-0.25, -0.2) is 0 Å². The molecule has 84 valence electrons. The first kappa shape index (κ1) is 10.6. The standard InChI is InChI=1S/C11H19N3O/c1-9-3-4-12-6-11(9)15-8-10-5-13-14(2)7-10/h5,7,9,11-12H,3-4,6,8H2,1-2H3. The molecule has 4 heteroatoms. The SMILES string of the molecule is CC1CCNCC1OCc1cnn(C)c1. The van der Waals surface area contributed by atoms with E-state index in [0.717, 1.165) is 18.7 Å². The summed E-state index contributed by atoms with van der Waals surface area (Å²) in [7, 11) is 1.92. The average Bonchev–Trinajstić information content (AvgIpc) is 2.63. The monoisotopic (exact) mass is 209 g/mol. The van der Waals surface area contributed by atoms with Crippen LogP contribution >= 0.6 is 0 Å². The molecular weight excluding hydrogens is 190 g/mol. The van der Waals surface area contributed by atoms with Gasteiger partial charge in [0, 0.05) is 25.4 Å². The first-order valence-corrected chi connectivity index (χ1v) is 5.55. The van der Waals surface area contributed by atoms with Crippen LogP contribution in [0.1, 0.15) is 18.9 Å². The fraction of sp³-hybridized carbons (Fsp3) is 0.727. The second kappa shape index (κ2) is 4.77. The number of rotatable bonds is 3. The van der Waals surface area contributed by atoms with Gasteiger partial charge in [-0.1, -0.05) is 6.92 Å². The van der Waals surface area contributed by atoms with Gasteiger partial charge in [-0.2, -0.15) is 5.10 Å². The van der Waals surface area contributed by atoms with Gasteiger partial charge in [0.2, 0.25) is 0 Å². The molecule has 1 fully saturated rings. The van der Waals surface area contributed by atoms with Gasteiger partial charge < -0.3 is 10.1 Å². The highest BCUT2D eigenvalue weighted by Gasteiger charge is 2.21. The van der Waals surface area contributed by atoms with Crippen LogP contribution in [0.15, 0.2) is 12.4 Å². The highest BCUT2D eigenvalue weighted by atomic mass is 16.5. The van der Waals surface area contributed by atoms with Crippen LogP contribution in [0.25, 0.3) is 0 Å². The number of aryl methyl sites for hydroxylation is 1. The summed E-state index contributed by atoms with van der Waals surface area (Å²) in [6.07, 6.45) is 5.42. The highest BCUT2D eigenvalue weighted by Crippen LogP contribution is 2.16. The number of nitrogens with one attached hydrogen (secondary N) is 1. The van der Waals surface area contributed by atoms with Crippen molar-refractivity contribution in [2.75, 3.05) is 13.1 Å². The molecule has 0 aliphatic carbocycles. The van der Waals surface area contributed by atoms with E-state index in [1.165, 1.54) is 6.42 Å². The van der Waals surface area contributed by atoms with Gasteiger partial charge in [-0.3, -0.25) is 4.68 Å². The number of aromatic nitrogens is 2. The van der Waals surface area contributed by atoms with Crippen molar-refractivity contribution in [1.29, 1.82) is 0 Å². The summed E-state index contributed by atoms with van der Waals surface area (Å²) in [6.45, 7) is 5.02. The zero-order valence-electron chi connectivity index (χ0n) is 9.44. The summed E-state index contributed by atoms with van der Waals surface area (Å²) in [6, 6.07) is 0. The molecule has 0 saturated carbocycles. The molecule has 2 atom stereocenters. The maximum absolute atomic E-state index is 5.88. The zero-order chi connectivity index (χ0) is 10.7. The molecule has 0 spiro atoms. The highest BCUT2D eigenvalue weighted by molar-refractivity contribution is 5.01. The lowest BCUT2D eigenvalue weighted by Crippen LogP contribution is -2.40. The Labute approximate surface area is 90.6 Å². The first-order valence-electron chi connectivity index (χ1n) is 5.55. The van der Waals surface area contributed by atoms with Crippen LogP contribution in [0, 0.1) is 5.92 Å². The van der Waals surface area contributed by atoms with Crippen LogP contribution in [-0.2, 0) is 18.4 Å². The molecule has 1 saturated heterocycles. The third-order valence-corrected chi connectivity index (χ3v) is 2.98. The Morgan fingerprint density at radius 2 is 2.53 bits per heavy atom. The van der Waals surface area contributed by atoms with E-state index in [2.05, 4.69) is 17.3 Å². The Bertz CT molecular complexity index is 311. The van der Waals surface area contributed by atoms with Gasteiger partial charge in [-0.15, -0.1) is 0 Å². The van der Waals surface area contributed by atoms with Crippen LogP contribution in [0.3, 0.4) is 0 Å². The van der Waals surface area contributed by atoms with Crippen molar-refractivity contribution < 1.29 is 4.74 Å². The summed E-state index contributed by atoms with van der Waals surface area (Å²) in [5.74, 6) is 0.655. The van der Waals surface area contributed by atoms with Gasteiger partial charge in [-0.05, 0) is 18.9 Å². The Hall–Kier alpha value is -0.870. The first-order chi connectivity index (χ1) is 7.25. The molecule has 15 heavy (non-hydrogen) atoms. The number of nitrogens with zero attached hydrogens (tertiary/aromatic N) is 2. The van der Waals surface area contributed by atoms with E-state index >= 15 is 0 Å². The minimum Gasteiger partial charge on any atom is -0.372 e. The Morgan fingerprint density at radius 1 is 1.67 bits per heavy atom. The van der Waals surface area contributed by atoms with E-state index < -0.39 is 0 Å². The molecule has 0 amide bonds. The van der Waals surface area contributed by atoms with Gasteiger partial charge in [0.1, 0.15) is 0 Å². The Balaban J connectivity index is 1.81. The van der Waals surface area contributed by atoms with Gasteiger partial charge in [0.05, 0.1) is 18.9 Å². The van der Waals surface area contributed by atoms with Crippen molar-refractivity contribution >= 4 is 0 Å². The number of hydrogen-bond acceptors (Lipinski definition) is 3. The lowest BCUT2D eigenvalue weighted by molar-refractivity contribution is -0.00660. The summed E-state index contributed by atoms with van der Waals surface area (Å²) < 4.78 is 7.69. The predicted molar refractivity (Wildman–Crippen MR) is 58.4 cm³/mol. The van der Waals surface area contributed by atoms with E-state index in [1.807, 2.05) is 19.4 Å². The normalized spacial score (nSPS) is 26.8. The summed E-state index contributed by atoms with van der Waals surface area (Å²) in [5, 5.41) is 7.48. The van der Waals surface area contributed by atoms with E-state index in [1.54, 1.807) is 4.68 Å². The largest absolute Gasteiger partial charge is 0.372 e. The Kier molecular flexibility index (Phi) is 3.38. The molecule has 1 aliphatic rings. The summed E-state index contributed by atoms with van der Waals surface area (Å²) in [4.78, 5) is 0. The lowest BCUT2D eigenvalue weighted by Gasteiger charge is -2.29. The third kappa shape index (κ3) is 2.79. The molecule has 4 nitrogen and oxygen atoms in total. The number of hydrogen-bond donors (Lipinski definition) is 1. The fourth-order valence-corrected chi connectivity index (χ4v) is 1.93. The molecule has 2 heterocycles. The minimum atomic E-state index is 0.346. The molecule has 2 unspecified atom stereocenters. The lowest BCUT2D eigenvalue weighted by atomic mass is 9.97. The molecule has 0 radical (unpaired) electrons. The average molecular weight is 209 g/mol. The van der Waals surface area contributed by atoms with Crippen LogP contribution in [0.2, 0.25) is 0 Å². The fourth-order valence-electron chi connectivity index (χ4n) is 1.93. The number of piperidine rings is 1. The van der Waals surface area contributed by atoms with Crippen LogP contribution in [-0.4, -0.2) is 29.0 Å². The molecule has 1 N–H and O–H groups in total. The van der Waals surface area contributed by atoms with Crippen molar-refractivity contribution in [2.24, 2.45) is 13.0 Å². The van der Waals surface area contributed by atoms with E-state index in [-0.39, 0.29) is 0 Å². The van der Waals surface area contributed by atoms with E-state index in [4.69, 9.17) is 4.74 Å². The predicted octanol–water partition coefficient (Wildman–Crippen LogP) is 0.935. The third-order valence-electron chi connectivity index (χ3n) is 2.98. The van der Waals surface area contributed by atoms with Crippen molar-refractivity contribution in [3.05, 3.63) is 18.0 Å². The smallest absolute Gasteiger partial charge is 0.0752 e. The summed E-state index contributed by atoms with van der Waals surface area (Å²) >= 11 is 0. The Morgan fingerprint density at radius 3 is 3.20 bits per heavy atom. The number of ether oxygens (including phenoxy) is 1. The summed E-state index contributed by atoms with van der Waals surface area (Å²) in [5.41, 5.74) is 1.15. The zero-order valence-corrected chi connectivity index (χ0v) is 9.44. The van der Waals surface area contributed by atoms with Crippen molar-refractivity contribution in [1.82, 2.24) is 15.1 Å². The van der Waals surface area contributed by atoms with E-state index in [0.29, 0.717) is 18.6 Å². The van der Waals surface area contributed by atoms with Crippen molar-refractivity contribution in [2.45, 2.75) is 26.1 Å². The van der Waals surface area contributed by atoms with E-state index in [9.17, 15) is 0 Å². The molecule has 2 rings (SSSR count). The quantitative estimate of drug-likeness (QED) is 0.805. The molecule has 1 aromatic rings. The van der Waals surface area contributed by atoms with Gasteiger partial charge >= 0.3 is 0 Å². The van der Waals surface area contributed by atoms with Gasteiger partial charge in [0.25, 0.3) is 0 Å². The second-order valence-electron chi connectivity index (χ2n) is 4.34. The second-order valence-corrected chi connectivity index (χ2v) is 4.34. The van der Waals surface area contributed by atoms with Crippen molar-refractivity contribution in [3.63, 3.8) is 0 Å². The molecule has 0 bridgehead atoms. The molecule has 1 aliphatic heterocycles. The van der Waals surface area contributed by atoms with Gasteiger partial charge in [0.15, 0.2) is 0 Å². The minimum absolute atomic E-state index is 0.346. The van der Waals surface area contributed by atoms with Crippen LogP contribution < -0.4 is 5.32 Å². The molecule has 1 aromatic heterocycles. The topological polar surface area (TPSA) is 39.1 Å². The van der Waals surface area contributed by atoms with Crippen LogP contribution in [0.5, 0.6) is 0 Å². The van der Waals surface area contributed by atoms with Crippen LogP contribution in [0.4, 0.5) is 0 Å². The molecular formula is C11H19N3O.